The number of amides is 9. The molecular formula is C66H105N9O14. The Morgan fingerprint density at radius 2 is 1.38 bits per heavy atom. The largest absolute Gasteiger partial charge is 0.445 e. The van der Waals surface area contributed by atoms with E-state index < -0.39 is 90.3 Å². The smallest absolute Gasteiger partial charge is 0.410 e. The Labute approximate surface area is 527 Å². The molecule has 9 amide bonds. The lowest BCUT2D eigenvalue weighted by atomic mass is 9.83. The second-order valence-electron chi connectivity index (χ2n) is 25.0. The van der Waals surface area contributed by atoms with Gasteiger partial charge in [0.2, 0.25) is 35.4 Å². The van der Waals surface area contributed by atoms with Crippen molar-refractivity contribution in [3.8, 4) is 0 Å². The van der Waals surface area contributed by atoms with E-state index in [1.807, 2.05) is 59.7 Å². The van der Waals surface area contributed by atoms with Crippen molar-refractivity contribution in [1.82, 2.24) is 36.0 Å². The number of anilines is 1. The molecule has 1 heterocycles. The van der Waals surface area contributed by atoms with Gasteiger partial charge in [-0.1, -0.05) is 111 Å². The molecule has 23 heteroatoms. The summed E-state index contributed by atoms with van der Waals surface area (Å²) in [6.07, 6.45) is 0.458. The summed E-state index contributed by atoms with van der Waals surface area (Å²) >= 11 is 0. The number of rotatable bonds is 38. The average molecular weight is 1250 g/mol. The number of unbranched alkanes of at least 4 members (excludes halogenated alkanes) is 1. The molecule has 0 aromatic heterocycles. The van der Waals surface area contributed by atoms with Crippen LogP contribution in [0.15, 0.2) is 54.6 Å². The summed E-state index contributed by atoms with van der Waals surface area (Å²) in [5, 5.41) is 24.7. The number of Topliss-reactive ketones (excluding diaryl/α,β-unsaturated/α-hetero) is 2. The second kappa shape index (κ2) is 37.9. The molecule has 12 atom stereocenters. The zero-order chi connectivity index (χ0) is 66.8. The lowest BCUT2D eigenvalue weighted by molar-refractivity contribution is -0.149. The van der Waals surface area contributed by atoms with Crippen LogP contribution in [0.1, 0.15) is 164 Å². The SMILES string of the molecule is CC[C@H](C)[C@@H]([C@@H](CC(=O)N1CCC[C@H]1[C@H](OC)[C@@H](C)C(=O)N[C@H](C)[C@@H](O)c1ccccc1)OC)N(C)C(=O)[C@@H](CC(=O)[C@H](C(C)C)N(C)C(=O)OCc1ccc(NC(=O)[C@H](CCCNC(N)=O)NC(=O)[C@@H](NC(=O)CCCCC(C)=O)C(C)C)cc1)C(C)C. The number of ketones is 2. The number of urea groups is 1. The van der Waals surface area contributed by atoms with Crippen LogP contribution in [-0.2, 0) is 59.2 Å². The van der Waals surface area contributed by atoms with Crippen molar-refractivity contribution >= 4 is 64.8 Å². The monoisotopic (exact) mass is 1250 g/mol. The van der Waals surface area contributed by atoms with Crippen LogP contribution in [-0.4, -0.2) is 169 Å². The van der Waals surface area contributed by atoms with Gasteiger partial charge in [0.05, 0.1) is 54.8 Å². The number of aliphatic hydroxyl groups excluding tert-OH is 1. The van der Waals surface area contributed by atoms with Crippen molar-refractivity contribution in [1.29, 1.82) is 0 Å². The number of hydrogen-bond donors (Lipinski definition) is 7. The van der Waals surface area contributed by atoms with E-state index in [0.717, 1.165) is 0 Å². The topological polar surface area (TPSA) is 315 Å². The van der Waals surface area contributed by atoms with E-state index in [-0.39, 0.29) is 104 Å². The number of carbonyl (C=O) groups excluding carboxylic acids is 10. The van der Waals surface area contributed by atoms with E-state index >= 15 is 0 Å². The molecular weight excluding hydrogens is 1140 g/mol. The van der Waals surface area contributed by atoms with Crippen LogP contribution in [0.25, 0.3) is 0 Å². The van der Waals surface area contributed by atoms with Crippen molar-refractivity contribution < 1.29 is 67.3 Å². The highest BCUT2D eigenvalue weighted by molar-refractivity contribution is 5.98. The second-order valence-corrected chi connectivity index (χ2v) is 25.0. The molecule has 0 bridgehead atoms. The number of carbonyl (C=O) groups is 10. The van der Waals surface area contributed by atoms with Gasteiger partial charge in [0.25, 0.3) is 0 Å². The van der Waals surface area contributed by atoms with Gasteiger partial charge in [-0.05, 0) is 99.3 Å². The Kier molecular flexibility index (Phi) is 32.5. The molecule has 1 saturated heterocycles. The van der Waals surface area contributed by atoms with Gasteiger partial charge >= 0.3 is 12.1 Å². The number of methoxy groups -OCH3 is 2. The predicted octanol–water partition coefficient (Wildman–Crippen LogP) is 6.83. The minimum Gasteiger partial charge on any atom is -0.445 e. The number of benzene rings is 2. The zero-order valence-corrected chi connectivity index (χ0v) is 55.4. The maximum atomic E-state index is 14.8. The van der Waals surface area contributed by atoms with E-state index in [1.54, 1.807) is 80.9 Å². The summed E-state index contributed by atoms with van der Waals surface area (Å²) in [6, 6.07) is 10.2. The molecule has 1 aliphatic heterocycles. The molecule has 2 aromatic rings. The van der Waals surface area contributed by atoms with Gasteiger partial charge in [-0.25, -0.2) is 9.59 Å². The molecule has 89 heavy (non-hydrogen) atoms. The van der Waals surface area contributed by atoms with Crippen LogP contribution in [0.3, 0.4) is 0 Å². The summed E-state index contributed by atoms with van der Waals surface area (Å²) in [7, 11) is 6.19. The average Bonchev–Trinajstić information content (AvgIpc) is 3.87. The molecule has 0 unspecified atom stereocenters. The molecule has 498 valence electrons. The van der Waals surface area contributed by atoms with Crippen molar-refractivity contribution in [2.75, 3.05) is 46.7 Å². The Morgan fingerprint density at radius 1 is 0.742 bits per heavy atom. The molecule has 2 aromatic carbocycles. The molecule has 0 aliphatic carbocycles. The Hall–Kier alpha value is -6.98. The van der Waals surface area contributed by atoms with Gasteiger partial charge in [-0.3, -0.25) is 33.6 Å². The number of primary amides is 1. The summed E-state index contributed by atoms with van der Waals surface area (Å²) in [4.78, 5) is 139. The van der Waals surface area contributed by atoms with Gasteiger partial charge < -0.3 is 71.1 Å². The number of likely N-dealkylation sites (tertiary alicyclic amines) is 1. The highest BCUT2D eigenvalue weighted by Gasteiger charge is 2.44. The first-order valence-electron chi connectivity index (χ1n) is 31.6. The lowest BCUT2D eigenvalue weighted by Crippen LogP contribution is -2.55. The molecule has 0 radical (unpaired) electrons. The van der Waals surface area contributed by atoms with Gasteiger partial charge in [0.1, 0.15) is 24.5 Å². The van der Waals surface area contributed by atoms with Crippen LogP contribution in [0.5, 0.6) is 0 Å². The summed E-state index contributed by atoms with van der Waals surface area (Å²) in [6.45, 7) is 20.2. The fourth-order valence-electron chi connectivity index (χ4n) is 11.7. The Balaban J connectivity index is 1.70. The van der Waals surface area contributed by atoms with Crippen LogP contribution < -0.4 is 32.3 Å². The third-order valence-corrected chi connectivity index (χ3v) is 17.1. The molecule has 3 rings (SSSR count). The summed E-state index contributed by atoms with van der Waals surface area (Å²) < 4.78 is 17.8. The van der Waals surface area contributed by atoms with E-state index in [1.165, 1.54) is 33.1 Å². The van der Waals surface area contributed by atoms with Gasteiger partial charge in [0, 0.05) is 72.3 Å². The normalized spacial score (nSPS) is 16.9. The molecule has 1 aliphatic rings. The first-order chi connectivity index (χ1) is 42.0. The summed E-state index contributed by atoms with van der Waals surface area (Å²) in [5.41, 5.74) is 6.81. The van der Waals surface area contributed by atoms with Crippen LogP contribution in [0.2, 0.25) is 0 Å². The van der Waals surface area contributed by atoms with Crippen molar-refractivity contribution in [3.05, 3.63) is 65.7 Å². The number of ether oxygens (including phenoxy) is 3. The fourth-order valence-corrected chi connectivity index (χ4v) is 11.7. The summed E-state index contributed by atoms with van der Waals surface area (Å²) in [5.74, 6) is -5.29. The fraction of sp³-hybridized carbons (Fsp3) is 0.667. The first-order valence-corrected chi connectivity index (χ1v) is 31.6. The van der Waals surface area contributed by atoms with Gasteiger partial charge in [-0.15, -0.1) is 0 Å². The molecule has 8 N–H and O–H groups in total. The van der Waals surface area contributed by atoms with E-state index in [0.29, 0.717) is 61.9 Å². The van der Waals surface area contributed by atoms with E-state index in [9.17, 15) is 53.1 Å². The predicted molar refractivity (Wildman–Crippen MR) is 339 cm³/mol. The quantitative estimate of drug-likeness (QED) is 0.0339. The lowest BCUT2D eigenvalue weighted by Gasteiger charge is -2.41. The van der Waals surface area contributed by atoms with Crippen molar-refractivity contribution in [3.63, 3.8) is 0 Å². The third kappa shape index (κ3) is 23.7. The number of hydrogen-bond acceptors (Lipinski definition) is 14. The Bertz CT molecular complexity index is 2620. The van der Waals surface area contributed by atoms with Crippen molar-refractivity contribution in [2.45, 2.75) is 208 Å². The van der Waals surface area contributed by atoms with Crippen LogP contribution in [0.4, 0.5) is 15.3 Å². The van der Waals surface area contributed by atoms with Crippen LogP contribution in [0, 0.1) is 35.5 Å². The highest BCUT2D eigenvalue weighted by Crippen LogP contribution is 2.32. The number of nitrogens with one attached hydrogen (secondary N) is 5. The number of aliphatic hydroxyl groups is 1. The van der Waals surface area contributed by atoms with Crippen molar-refractivity contribution in [2.24, 2.45) is 41.2 Å². The Morgan fingerprint density at radius 3 is 1.94 bits per heavy atom. The number of likely N-dealkylation sites (N-methyl/N-ethyl adjacent to an activating group) is 2. The molecule has 0 saturated carbocycles. The first kappa shape index (κ1) is 76.3. The maximum Gasteiger partial charge on any atom is 0.410 e. The van der Waals surface area contributed by atoms with E-state index in [4.69, 9.17) is 19.9 Å². The van der Waals surface area contributed by atoms with Crippen LogP contribution >= 0.6 is 0 Å². The third-order valence-electron chi connectivity index (χ3n) is 17.1. The standard InChI is InChI=1S/C66H105N9O14/c1-16-42(8)58(53(87-14)37-55(79)75-35-23-28-51(75)60(88-15)44(10)61(81)69-45(11)59(80)47-25-18-17-19-26-47)73(12)64(84)49(39(2)3)36-52(77)57(41(6)7)74(13)66(86)89-38-46-30-32-48(33-31-46)70-62(82)50(27-22-34-68-65(67)85)71-63(83)56(40(4)5)72-54(78)29-21-20-24-43(9)76/h17-19,25-26,30-33,39-42,44-45,49-51,53,56-60,80H,16,20-24,27-29,34-38H2,1-15H3,(H,69,81)(H,70,82)(H,71,83)(H,72,78)(H3,67,68,85)/t42-,44+,45+,49-,50-,51-,53+,56-,57-,58-,59+,60+/m0/s1. The van der Waals surface area contributed by atoms with Gasteiger partial charge in [-0.2, -0.15) is 0 Å². The minimum absolute atomic E-state index is 0.0252. The molecule has 1 fully saturated rings. The number of nitrogens with zero attached hydrogens (tertiary/aromatic N) is 3. The van der Waals surface area contributed by atoms with E-state index in [2.05, 4.69) is 26.6 Å². The molecule has 23 nitrogen and oxygen atoms in total. The highest BCUT2D eigenvalue weighted by atomic mass is 16.6. The molecule has 0 spiro atoms. The van der Waals surface area contributed by atoms with Gasteiger partial charge in [0.15, 0.2) is 5.78 Å². The maximum absolute atomic E-state index is 14.8. The zero-order valence-electron chi connectivity index (χ0n) is 55.4. The minimum atomic E-state index is -1.08. The number of nitrogens with two attached hydrogens (primary N) is 1.